The molecular formula is C18H17N3O. The summed E-state index contributed by atoms with van der Waals surface area (Å²) in [7, 11) is 0. The van der Waals surface area contributed by atoms with Gasteiger partial charge in [0.25, 0.3) is 0 Å². The minimum absolute atomic E-state index is 0.371. The number of nitrogens with one attached hydrogen (secondary N) is 1. The van der Waals surface area contributed by atoms with Crippen molar-refractivity contribution in [3.63, 3.8) is 0 Å². The number of hydrogen-bond donors (Lipinski definition) is 2. The van der Waals surface area contributed by atoms with Crippen LogP contribution in [0.4, 0.5) is 5.69 Å². The first-order valence-electron chi connectivity index (χ1n) is 7.17. The number of rotatable bonds is 5. The number of carbonyl (C=O) groups is 1. The zero-order chi connectivity index (χ0) is 15.4. The Morgan fingerprint density at radius 2 is 1.77 bits per heavy atom. The molecule has 1 atom stereocenters. The molecular weight excluding hydrogens is 274 g/mol. The van der Waals surface area contributed by atoms with Crippen molar-refractivity contribution in [1.82, 2.24) is 4.98 Å². The van der Waals surface area contributed by atoms with Crippen LogP contribution in [0, 0.1) is 0 Å². The summed E-state index contributed by atoms with van der Waals surface area (Å²) in [5.74, 6) is -0.371. The Kier molecular flexibility index (Phi) is 4.01. The van der Waals surface area contributed by atoms with E-state index >= 15 is 0 Å². The molecule has 0 bridgehead atoms. The molecule has 4 nitrogen and oxygen atoms in total. The predicted molar refractivity (Wildman–Crippen MR) is 88.5 cm³/mol. The summed E-state index contributed by atoms with van der Waals surface area (Å²) in [6, 6.07) is 19.0. The number of benzene rings is 2. The van der Waals surface area contributed by atoms with E-state index in [9.17, 15) is 4.79 Å². The van der Waals surface area contributed by atoms with Gasteiger partial charge in [0.1, 0.15) is 6.04 Å². The second kappa shape index (κ2) is 6.26. The molecule has 0 saturated carbocycles. The number of amides is 1. The third-order valence-electron chi connectivity index (χ3n) is 3.60. The third-order valence-corrected chi connectivity index (χ3v) is 3.60. The number of fused-ring (bicyclic) bond motifs is 1. The fourth-order valence-electron chi connectivity index (χ4n) is 2.48. The average molecular weight is 291 g/mol. The Morgan fingerprint density at radius 3 is 2.55 bits per heavy atom. The first-order chi connectivity index (χ1) is 10.7. The number of anilines is 1. The SMILES string of the molecule is NC(=O)[C@H](Cc1ccccc1)Nc1ccnc2ccccc12. The fraction of sp³-hybridized carbons (Fsp3) is 0.111. The number of hydrogen-bond acceptors (Lipinski definition) is 3. The number of pyridine rings is 1. The highest BCUT2D eigenvalue weighted by Crippen LogP contribution is 2.22. The van der Waals surface area contributed by atoms with Crippen LogP contribution in [-0.4, -0.2) is 16.9 Å². The van der Waals surface area contributed by atoms with Gasteiger partial charge in [0, 0.05) is 23.7 Å². The summed E-state index contributed by atoms with van der Waals surface area (Å²) < 4.78 is 0. The van der Waals surface area contributed by atoms with Gasteiger partial charge in [-0.2, -0.15) is 0 Å². The third kappa shape index (κ3) is 3.06. The number of para-hydroxylation sites is 1. The lowest BCUT2D eigenvalue weighted by atomic mass is 10.0. The lowest BCUT2D eigenvalue weighted by molar-refractivity contribution is -0.118. The second-order valence-electron chi connectivity index (χ2n) is 5.16. The summed E-state index contributed by atoms with van der Waals surface area (Å²) in [6.07, 6.45) is 2.28. The van der Waals surface area contributed by atoms with E-state index in [1.807, 2.05) is 60.7 Å². The summed E-state index contributed by atoms with van der Waals surface area (Å²) in [6.45, 7) is 0. The molecule has 1 aromatic heterocycles. The van der Waals surface area contributed by atoms with Crippen molar-refractivity contribution in [1.29, 1.82) is 0 Å². The van der Waals surface area contributed by atoms with Gasteiger partial charge in [-0.25, -0.2) is 0 Å². The van der Waals surface area contributed by atoms with Gasteiger partial charge in [-0.05, 0) is 17.7 Å². The molecule has 0 spiro atoms. The molecule has 2 aromatic carbocycles. The molecule has 0 aliphatic heterocycles. The number of nitrogens with two attached hydrogens (primary N) is 1. The van der Waals surface area contributed by atoms with Gasteiger partial charge in [0.15, 0.2) is 0 Å². The molecule has 0 aliphatic rings. The quantitative estimate of drug-likeness (QED) is 0.759. The Labute approximate surface area is 129 Å². The molecule has 0 radical (unpaired) electrons. The van der Waals surface area contributed by atoms with Crippen molar-refractivity contribution in [2.75, 3.05) is 5.32 Å². The maximum absolute atomic E-state index is 11.8. The molecule has 1 heterocycles. The van der Waals surface area contributed by atoms with Gasteiger partial charge in [-0.15, -0.1) is 0 Å². The molecule has 4 heteroatoms. The molecule has 0 fully saturated rings. The monoisotopic (exact) mass is 291 g/mol. The lowest BCUT2D eigenvalue weighted by Crippen LogP contribution is -2.37. The van der Waals surface area contributed by atoms with Crippen LogP contribution in [-0.2, 0) is 11.2 Å². The fourth-order valence-corrected chi connectivity index (χ4v) is 2.48. The highest BCUT2D eigenvalue weighted by molar-refractivity contribution is 5.93. The molecule has 3 rings (SSSR count). The Balaban J connectivity index is 1.88. The molecule has 22 heavy (non-hydrogen) atoms. The standard InChI is InChI=1S/C18H17N3O/c19-18(22)17(12-13-6-2-1-3-7-13)21-16-10-11-20-15-9-5-4-8-14(15)16/h1-11,17H,12H2,(H2,19,22)(H,20,21)/t17-/m0/s1. The van der Waals surface area contributed by atoms with Crippen molar-refractivity contribution >= 4 is 22.5 Å². The van der Waals surface area contributed by atoms with Crippen LogP contribution >= 0.6 is 0 Å². The van der Waals surface area contributed by atoms with Crippen LogP contribution in [0.3, 0.4) is 0 Å². The van der Waals surface area contributed by atoms with Crippen LogP contribution in [0.2, 0.25) is 0 Å². The molecule has 0 aliphatic carbocycles. The second-order valence-corrected chi connectivity index (χ2v) is 5.16. The van der Waals surface area contributed by atoms with Crippen LogP contribution in [0.15, 0.2) is 66.9 Å². The topological polar surface area (TPSA) is 68.0 Å². The highest BCUT2D eigenvalue weighted by atomic mass is 16.1. The van der Waals surface area contributed by atoms with Gasteiger partial charge < -0.3 is 11.1 Å². The maximum Gasteiger partial charge on any atom is 0.240 e. The van der Waals surface area contributed by atoms with Crippen molar-refractivity contribution in [3.05, 3.63) is 72.4 Å². The minimum atomic E-state index is -0.465. The van der Waals surface area contributed by atoms with E-state index in [1.165, 1.54) is 0 Å². The first kappa shape index (κ1) is 14.1. The van der Waals surface area contributed by atoms with E-state index in [0.29, 0.717) is 6.42 Å². The maximum atomic E-state index is 11.8. The average Bonchev–Trinajstić information content (AvgIpc) is 2.55. The molecule has 1 amide bonds. The van der Waals surface area contributed by atoms with Gasteiger partial charge in [0.2, 0.25) is 5.91 Å². The van der Waals surface area contributed by atoms with E-state index < -0.39 is 6.04 Å². The van der Waals surface area contributed by atoms with E-state index in [-0.39, 0.29) is 5.91 Å². The van der Waals surface area contributed by atoms with Crippen molar-refractivity contribution in [2.45, 2.75) is 12.5 Å². The largest absolute Gasteiger partial charge is 0.373 e. The van der Waals surface area contributed by atoms with E-state index in [1.54, 1.807) is 6.20 Å². The zero-order valence-corrected chi connectivity index (χ0v) is 12.1. The van der Waals surface area contributed by atoms with E-state index in [4.69, 9.17) is 5.73 Å². The van der Waals surface area contributed by atoms with E-state index in [0.717, 1.165) is 22.2 Å². The van der Waals surface area contributed by atoms with Crippen molar-refractivity contribution < 1.29 is 4.79 Å². The Bertz CT molecular complexity index is 781. The Hall–Kier alpha value is -2.88. The summed E-state index contributed by atoms with van der Waals surface area (Å²) in [5, 5.41) is 4.23. The first-order valence-corrected chi connectivity index (χ1v) is 7.17. The summed E-state index contributed by atoms with van der Waals surface area (Å²) >= 11 is 0. The smallest absolute Gasteiger partial charge is 0.240 e. The van der Waals surface area contributed by atoms with Gasteiger partial charge in [0.05, 0.1) is 5.52 Å². The lowest BCUT2D eigenvalue weighted by Gasteiger charge is -2.18. The summed E-state index contributed by atoms with van der Waals surface area (Å²) in [5.41, 5.74) is 8.38. The zero-order valence-electron chi connectivity index (χ0n) is 12.1. The van der Waals surface area contributed by atoms with Gasteiger partial charge in [-0.1, -0.05) is 48.5 Å². The minimum Gasteiger partial charge on any atom is -0.373 e. The predicted octanol–water partition coefficient (Wildman–Crippen LogP) is 2.74. The number of carbonyl (C=O) groups excluding carboxylic acids is 1. The molecule has 3 N–H and O–H groups in total. The Morgan fingerprint density at radius 1 is 1.05 bits per heavy atom. The molecule has 110 valence electrons. The highest BCUT2D eigenvalue weighted by Gasteiger charge is 2.16. The van der Waals surface area contributed by atoms with Crippen molar-refractivity contribution in [3.8, 4) is 0 Å². The summed E-state index contributed by atoms with van der Waals surface area (Å²) in [4.78, 5) is 16.1. The normalized spacial score (nSPS) is 12.0. The van der Waals surface area contributed by atoms with Crippen LogP contribution in [0.25, 0.3) is 10.9 Å². The van der Waals surface area contributed by atoms with Crippen LogP contribution < -0.4 is 11.1 Å². The van der Waals surface area contributed by atoms with E-state index in [2.05, 4.69) is 10.3 Å². The van der Waals surface area contributed by atoms with Crippen molar-refractivity contribution in [2.24, 2.45) is 5.73 Å². The van der Waals surface area contributed by atoms with Gasteiger partial charge in [-0.3, -0.25) is 9.78 Å². The number of nitrogens with zero attached hydrogens (tertiary/aromatic N) is 1. The number of primary amides is 1. The van der Waals surface area contributed by atoms with Crippen LogP contribution in [0.5, 0.6) is 0 Å². The molecule has 0 unspecified atom stereocenters. The molecule has 0 saturated heterocycles. The molecule has 3 aromatic rings. The van der Waals surface area contributed by atoms with Crippen LogP contribution in [0.1, 0.15) is 5.56 Å². The number of aromatic nitrogens is 1. The van der Waals surface area contributed by atoms with Gasteiger partial charge >= 0.3 is 0 Å².